The Balaban J connectivity index is 0.000000630. The number of aliphatic carboxylic acids is 1. The molecule has 0 fully saturated rings. The van der Waals surface area contributed by atoms with Gasteiger partial charge in [-0.1, -0.05) is 91.0 Å². The Morgan fingerprint density at radius 3 is 1.68 bits per heavy atom. The van der Waals surface area contributed by atoms with Gasteiger partial charge in [-0.2, -0.15) is 0 Å². The van der Waals surface area contributed by atoms with Gasteiger partial charge in [0.15, 0.2) is 0 Å². The molecule has 0 heterocycles. The quantitative estimate of drug-likeness (QED) is 0.133. The summed E-state index contributed by atoms with van der Waals surface area (Å²) >= 11 is 0. The Hall–Kier alpha value is -3.60. The molecule has 38 heavy (non-hydrogen) atoms. The molecule has 0 aliphatic heterocycles. The topological polar surface area (TPSA) is 37.3 Å². The van der Waals surface area contributed by atoms with Crippen LogP contribution >= 0.6 is 7.92 Å². The molecule has 6 aromatic carbocycles. The summed E-state index contributed by atoms with van der Waals surface area (Å²) in [6.07, 6.45) is 0. The normalized spacial score (nSPS) is 10.5. The van der Waals surface area contributed by atoms with Crippen molar-refractivity contribution in [3.05, 3.63) is 140 Å². The van der Waals surface area contributed by atoms with Gasteiger partial charge in [-0.25, -0.2) is 0 Å². The minimum absolute atomic E-state index is 0. The monoisotopic (exact) mass is 604 g/mol. The fourth-order valence-electron chi connectivity index (χ4n) is 4.81. The molecule has 0 bridgehead atoms. The van der Waals surface area contributed by atoms with E-state index in [2.05, 4.69) is 140 Å². The van der Waals surface area contributed by atoms with Crippen LogP contribution in [0.2, 0.25) is 0 Å². The van der Waals surface area contributed by atoms with E-state index in [1.54, 1.807) is 0 Å². The average Bonchev–Trinajstić information content (AvgIpc) is 2.94. The van der Waals surface area contributed by atoms with E-state index in [4.69, 9.17) is 9.90 Å². The van der Waals surface area contributed by atoms with Gasteiger partial charge < -0.3 is 5.11 Å². The van der Waals surface area contributed by atoms with Crippen molar-refractivity contribution in [1.29, 1.82) is 0 Å². The fraction of sp³-hybridized carbons (Fsp3) is 0.0294. The first-order chi connectivity index (χ1) is 18.1. The van der Waals surface area contributed by atoms with Gasteiger partial charge in [0, 0.05) is 27.3 Å². The zero-order valence-corrected chi connectivity index (χ0v) is 23.4. The van der Waals surface area contributed by atoms with Gasteiger partial charge in [-0.05, 0) is 46.7 Å². The van der Waals surface area contributed by atoms with Crippen LogP contribution in [0.25, 0.3) is 32.7 Å². The van der Waals surface area contributed by atoms with Gasteiger partial charge in [0.2, 0.25) is 0 Å². The third-order valence-electron chi connectivity index (χ3n) is 6.29. The van der Waals surface area contributed by atoms with Crippen LogP contribution in [0, 0.1) is 6.07 Å². The summed E-state index contributed by atoms with van der Waals surface area (Å²) in [6.45, 7) is 1.08. The Morgan fingerprint density at radius 2 is 1.11 bits per heavy atom. The van der Waals surface area contributed by atoms with Gasteiger partial charge in [0.1, 0.15) is 10.6 Å². The van der Waals surface area contributed by atoms with Crippen LogP contribution in [-0.4, -0.2) is 11.1 Å². The summed E-state index contributed by atoms with van der Waals surface area (Å²) in [4.78, 5) is 9.00. The molecule has 2 nitrogen and oxygen atoms in total. The van der Waals surface area contributed by atoms with Crippen molar-refractivity contribution in [2.75, 3.05) is 0 Å². The van der Waals surface area contributed by atoms with Crippen molar-refractivity contribution in [2.24, 2.45) is 0 Å². The maximum absolute atomic E-state index is 9.00. The summed E-state index contributed by atoms with van der Waals surface area (Å²) in [5.41, 5.74) is 2.50. The third kappa shape index (κ3) is 5.93. The van der Waals surface area contributed by atoms with Crippen molar-refractivity contribution in [2.45, 2.75) is 6.92 Å². The Morgan fingerprint density at radius 1 is 0.632 bits per heavy atom. The predicted octanol–water partition coefficient (Wildman–Crippen LogP) is 7.04. The molecule has 0 amide bonds. The zero-order chi connectivity index (χ0) is 25.6. The average molecular weight is 605 g/mol. The molecule has 4 heteroatoms. The van der Waals surface area contributed by atoms with E-state index in [1.807, 2.05) is 0 Å². The third-order valence-corrected chi connectivity index (χ3v) is 9.07. The van der Waals surface area contributed by atoms with E-state index in [0.717, 1.165) is 6.92 Å². The van der Waals surface area contributed by atoms with Crippen molar-refractivity contribution >= 4 is 51.3 Å². The molecule has 190 valence electrons. The Bertz CT molecular complexity index is 1620. The van der Waals surface area contributed by atoms with Gasteiger partial charge >= 0.3 is 0 Å². The van der Waals surface area contributed by atoms with Crippen LogP contribution in [-0.2, 0) is 25.2 Å². The van der Waals surface area contributed by atoms with Crippen molar-refractivity contribution in [1.82, 2.24) is 0 Å². The summed E-state index contributed by atoms with van der Waals surface area (Å²) in [6, 6.07) is 51.9. The number of carbonyl (C=O) groups is 1. The van der Waals surface area contributed by atoms with Gasteiger partial charge in [-0.3, -0.25) is 4.79 Å². The number of hydrogen-bond donors (Lipinski definition) is 1. The van der Waals surface area contributed by atoms with Crippen LogP contribution < -0.4 is 15.9 Å². The second kappa shape index (κ2) is 12.8. The molecule has 0 atom stereocenters. The van der Waals surface area contributed by atoms with Crippen molar-refractivity contribution in [3.63, 3.8) is 0 Å². The molecular formula is C34H27O2PPd. The van der Waals surface area contributed by atoms with Crippen LogP contribution in [0.3, 0.4) is 0 Å². The molecule has 0 aromatic heterocycles. The van der Waals surface area contributed by atoms with Gasteiger partial charge in [0.05, 0.1) is 13.2 Å². The SMILES string of the molecule is CC(=O)O.[Pd].[c-]1ccc2ccccc2c1-c1c([PH+](c2ccccc2)c2ccccc2)ccc2ccccc12. The predicted molar refractivity (Wildman–Crippen MR) is 159 cm³/mol. The number of carboxylic acid groups (broad SMARTS) is 1. The van der Waals surface area contributed by atoms with E-state index in [0.29, 0.717) is 0 Å². The molecule has 6 aromatic rings. The minimum Gasteiger partial charge on any atom is -0.481 e. The van der Waals surface area contributed by atoms with Gasteiger partial charge in [0.25, 0.3) is 5.97 Å². The Labute approximate surface area is 238 Å². The van der Waals surface area contributed by atoms with Crippen molar-refractivity contribution in [3.8, 4) is 11.1 Å². The zero-order valence-electron chi connectivity index (χ0n) is 20.9. The molecule has 0 radical (unpaired) electrons. The maximum Gasteiger partial charge on any atom is 0.300 e. The second-order valence-corrected chi connectivity index (χ2v) is 11.2. The van der Waals surface area contributed by atoms with Crippen LogP contribution in [0.5, 0.6) is 0 Å². The van der Waals surface area contributed by atoms with E-state index < -0.39 is 13.9 Å². The number of rotatable bonds is 4. The standard InChI is InChI=1S/C32H22P.C2H4O2.Pd/c1-3-15-26(16-4-1)33(27-17-5-2-6-18-27)31-23-22-25-13-8-10-20-29(25)32(31)30-21-11-14-24-12-7-9-19-28(24)30;1-2(3)4;/h1-20,22-23H;1H3,(H,3,4);/q-1;;/p+1. The van der Waals surface area contributed by atoms with E-state index in [-0.39, 0.29) is 20.4 Å². The van der Waals surface area contributed by atoms with E-state index in [9.17, 15) is 0 Å². The molecule has 0 unspecified atom stereocenters. The molecule has 0 aliphatic rings. The van der Waals surface area contributed by atoms with Crippen LogP contribution in [0.15, 0.2) is 133 Å². The molecule has 0 saturated carbocycles. The molecule has 6 rings (SSSR count). The first-order valence-corrected chi connectivity index (χ1v) is 13.7. The first-order valence-electron chi connectivity index (χ1n) is 12.2. The largest absolute Gasteiger partial charge is 0.481 e. The summed E-state index contributed by atoms with van der Waals surface area (Å²) in [5, 5.41) is 16.7. The second-order valence-electron chi connectivity index (χ2n) is 8.78. The van der Waals surface area contributed by atoms with Crippen LogP contribution in [0.1, 0.15) is 6.92 Å². The summed E-state index contributed by atoms with van der Waals surface area (Å²) in [5.74, 6) is -0.833. The Kier molecular flexibility index (Phi) is 9.22. The van der Waals surface area contributed by atoms with Crippen LogP contribution in [0.4, 0.5) is 0 Å². The summed E-state index contributed by atoms with van der Waals surface area (Å²) < 4.78 is 0. The van der Waals surface area contributed by atoms with E-state index in [1.165, 1.54) is 48.6 Å². The minimum atomic E-state index is -1.23. The number of benzene rings is 6. The summed E-state index contributed by atoms with van der Waals surface area (Å²) in [7, 11) is -1.23. The molecule has 1 N–H and O–H groups in total. The van der Waals surface area contributed by atoms with Crippen molar-refractivity contribution < 1.29 is 30.3 Å². The first kappa shape index (κ1) is 27.4. The van der Waals surface area contributed by atoms with Gasteiger partial charge in [-0.15, -0.1) is 34.5 Å². The maximum atomic E-state index is 9.00. The molecule has 0 aliphatic carbocycles. The molecular weight excluding hydrogens is 578 g/mol. The number of hydrogen-bond acceptors (Lipinski definition) is 1. The number of fused-ring (bicyclic) bond motifs is 2. The smallest absolute Gasteiger partial charge is 0.300 e. The van der Waals surface area contributed by atoms with E-state index >= 15 is 0 Å². The molecule has 0 spiro atoms. The molecule has 0 saturated heterocycles. The fourth-order valence-corrected chi connectivity index (χ4v) is 7.57. The number of carboxylic acids is 1.